The van der Waals surface area contributed by atoms with E-state index >= 15 is 0 Å². The van der Waals surface area contributed by atoms with Crippen molar-refractivity contribution >= 4 is 15.8 Å². The van der Waals surface area contributed by atoms with Crippen LogP contribution in [0.25, 0.3) is 0 Å². The first-order chi connectivity index (χ1) is 7.62. The van der Waals surface area contributed by atoms with Gasteiger partial charge in [-0.25, -0.2) is 0 Å². The zero-order valence-corrected chi connectivity index (χ0v) is 12.6. The van der Waals surface area contributed by atoms with E-state index in [0.29, 0.717) is 0 Å². The SMILES string of the molecule is C#CCP(C)C#C.CC=CCP(C)C=CC. The average molecular weight is 252 g/mol. The van der Waals surface area contributed by atoms with Crippen molar-refractivity contribution in [3.8, 4) is 24.4 Å². The summed E-state index contributed by atoms with van der Waals surface area (Å²) in [5, 5.41) is 0. The van der Waals surface area contributed by atoms with Crippen LogP contribution in [0.4, 0.5) is 0 Å². The van der Waals surface area contributed by atoms with Crippen molar-refractivity contribution in [2.45, 2.75) is 13.8 Å². The summed E-state index contributed by atoms with van der Waals surface area (Å²) in [5.74, 6) is 4.79. The van der Waals surface area contributed by atoms with Crippen molar-refractivity contribution < 1.29 is 0 Å². The van der Waals surface area contributed by atoms with Crippen LogP contribution in [0.1, 0.15) is 13.8 Å². The monoisotopic (exact) mass is 252 g/mol. The van der Waals surface area contributed by atoms with Crippen LogP contribution in [0, 0.1) is 24.4 Å². The van der Waals surface area contributed by atoms with Crippen LogP contribution in [-0.4, -0.2) is 25.7 Å². The molecule has 2 unspecified atom stereocenters. The Morgan fingerprint density at radius 3 is 2.06 bits per heavy atom. The van der Waals surface area contributed by atoms with E-state index in [0.717, 1.165) is 6.16 Å². The predicted molar refractivity (Wildman–Crippen MR) is 82.7 cm³/mol. The molecule has 0 aromatic heterocycles. The smallest absolute Gasteiger partial charge is 0.0398 e. The molecule has 0 aromatic carbocycles. The fourth-order valence-electron chi connectivity index (χ4n) is 0.770. The van der Waals surface area contributed by atoms with Crippen molar-refractivity contribution in [1.82, 2.24) is 0 Å². The lowest BCUT2D eigenvalue weighted by atomic mass is 10.6. The number of hydrogen-bond donors (Lipinski definition) is 0. The molecule has 0 saturated heterocycles. The summed E-state index contributed by atoms with van der Waals surface area (Å²) in [5.41, 5.74) is 2.59. The molecule has 2 atom stereocenters. The summed E-state index contributed by atoms with van der Waals surface area (Å²) in [6.07, 6.45) is 18.5. The van der Waals surface area contributed by atoms with Gasteiger partial charge in [-0.1, -0.05) is 37.6 Å². The minimum absolute atomic E-state index is 0.146. The average Bonchev–Trinajstić information content (AvgIpc) is 2.28. The van der Waals surface area contributed by atoms with Crippen molar-refractivity contribution in [3.05, 3.63) is 24.0 Å². The Balaban J connectivity index is 0. The van der Waals surface area contributed by atoms with Crippen molar-refractivity contribution in [2.24, 2.45) is 0 Å². The van der Waals surface area contributed by atoms with Crippen molar-refractivity contribution in [2.75, 3.05) is 25.7 Å². The first-order valence-corrected chi connectivity index (χ1v) is 9.19. The van der Waals surface area contributed by atoms with Crippen LogP contribution >= 0.6 is 15.8 Å². The largest absolute Gasteiger partial charge is 0.120 e. The first-order valence-electron chi connectivity index (χ1n) is 5.17. The summed E-state index contributed by atoms with van der Waals surface area (Å²) in [7, 11) is -0.141. The van der Waals surface area contributed by atoms with Gasteiger partial charge >= 0.3 is 0 Å². The molecule has 2 heteroatoms. The van der Waals surface area contributed by atoms with Gasteiger partial charge < -0.3 is 0 Å². The van der Waals surface area contributed by atoms with Gasteiger partial charge in [-0.2, -0.15) is 0 Å². The van der Waals surface area contributed by atoms with Crippen LogP contribution in [0.5, 0.6) is 0 Å². The van der Waals surface area contributed by atoms with Crippen LogP contribution in [-0.2, 0) is 0 Å². The normalized spacial score (nSPS) is 13.6. The second-order valence-corrected chi connectivity index (χ2v) is 7.33. The first kappa shape index (κ1) is 17.8. The lowest BCUT2D eigenvalue weighted by Crippen LogP contribution is -1.70. The summed E-state index contributed by atoms with van der Waals surface area (Å²) in [6.45, 7) is 8.43. The zero-order chi connectivity index (χ0) is 12.8. The van der Waals surface area contributed by atoms with Gasteiger partial charge in [-0.05, 0) is 41.3 Å². The number of hydrogen-bond acceptors (Lipinski definition) is 0. The fraction of sp³-hybridized carbons (Fsp3) is 0.429. The third kappa shape index (κ3) is 15.9. The van der Waals surface area contributed by atoms with E-state index in [1.54, 1.807) is 0 Å². The van der Waals surface area contributed by atoms with Crippen LogP contribution < -0.4 is 0 Å². The molecule has 0 N–H and O–H groups in total. The standard InChI is InChI=1S/C8H15P.C6H7P/c1-4-6-8-9(3)7-5-2;1-4-6-7(3)5-2/h4-7H,8H2,1-3H3;1-2H,6H2,3H3. The van der Waals surface area contributed by atoms with Gasteiger partial charge in [-0.3, -0.25) is 0 Å². The van der Waals surface area contributed by atoms with Gasteiger partial charge in [0.15, 0.2) is 0 Å². The molecule has 16 heavy (non-hydrogen) atoms. The number of rotatable bonds is 4. The Labute approximate surface area is 104 Å². The molecule has 0 radical (unpaired) electrons. The maximum absolute atomic E-state index is 5.04. The second-order valence-electron chi connectivity index (χ2n) is 3.18. The molecular formula is C14H22P2. The Morgan fingerprint density at radius 1 is 1.12 bits per heavy atom. The van der Waals surface area contributed by atoms with E-state index in [-0.39, 0.29) is 15.8 Å². The Bertz CT molecular complexity index is 276. The van der Waals surface area contributed by atoms with E-state index in [1.807, 2.05) is 6.66 Å². The van der Waals surface area contributed by atoms with Gasteiger partial charge in [-0.15, -0.1) is 18.8 Å². The molecule has 88 valence electrons. The second kappa shape index (κ2) is 14.5. The highest BCUT2D eigenvalue weighted by molar-refractivity contribution is 7.62. The Kier molecular flexibility index (Phi) is 16.1. The zero-order valence-electron chi connectivity index (χ0n) is 10.8. The molecule has 0 heterocycles. The summed E-state index contributed by atoms with van der Waals surface area (Å²) >= 11 is 0. The van der Waals surface area contributed by atoms with Crippen LogP contribution in [0.3, 0.4) is 0 Å². The van der Waals surface area contributed by atoms with Gasteiger partial charge in [0.25, 0.3) is 0 Å². The molecule has 0 saturated carbocycles. The van der Waals surface area contributed by atoms with Crippen LogP contribution in [0.15, 0.2) is 24.0 Å². The highest BCUT2D eigenvalue weighted by atomic mass is 31.1. The summed E-state index contributed by atoms with van der Waals surface area (Å²) in [4.78, 5) is 0. The maximum atomic E-state index is 5.04. The van der Waals surface area contributed by atoms with Gasteiger partial charge in [0, 0.05) is 6.16 Å². The lowest BCUT2D eigenvalue weighted by molar-refractivity contribution is 1.63. The van der Waals surface area contributed by atoms with Crippen molar-refractivity contribution in [3.63, 3.8) is 0 Å². The highest BCUT2D eigenvalue weighted by Crippen LogP contribution is 2.31. The predicted octanol–water partition coefficient (Wildman–Crippen LogP) is 4.53. The molecular weight excluding hydrogens is 230 g/mol. The molecule has 0 amide bonds. The molecule has 0 aromatic rings. The number of allylic oxidation sites excluding steroid dienone is 3. The van der Waals surface area contributed by atoms with E-state index in [4.69, 9.17) is 12.8 Å². The summed E-state index contributed by atoms with van der Waals surface area (Å²) < 4.78 is 0. The van der Waals surface area contributed by atoms with Gasteiger partial charge in [0.05, 0.1) is 0 Å². The molecule has 0 aliphatic carbocycles. The molecule has 0 aliphatic rings. The molecule has 0 spiro atoms. The molecule has 0 fully saturated rings. The quantitative estimate of drug-likeness (QED) is 0.392. The summed E-state index contributed by atoms with van der Waals surface area (Å²) in [6, 6.07) is 0. The fourth-order valence-corrected chi connectivity index (χ4v) is 2.31. The maximum Gasteiger partial charge on any atom is 0.0398 e. The van der Waals surface area contributed by atoms with Crippen LogP contribution in [0.2, 0.25) is 0 Å². The van der Waals surface area contributed by atoms with E-state index < -0.39 is 0 Å². The number of terminal acetylenes is 2. The lowest BCUT2D eigenvalue weighted by Gasteiger charge is -1.99. The van der Waals surface area contributed by atoms with E-state index in [9.17, 15) is 0 Å². The minimum Gasteiger partial charge on any atom is -0.120 e. The molecule has 0 nitrogen and oxygen atoms in total. The van der Waals surface area contributed by atoms with E-state index in [1.165, 1.54) is 6.16 Å². The third-order valence-corrected chi connectivity index (χ3v) is 4.27. The molecule has 0 bridgehead atoms. The Morgan fingerprint density at radius 2 is 1.75 bits per heavy atom. The van der Waals surface area contributed by atoms with E-state index in [2.05, 4.69) is 56.1 Å². The minimum atomic E-state index is -0.287. The topological polar surface area (TPSA) is 0 Å². The van der Waals surface area contributed by atoms with Gasteiger partial charge in [0.2, 0.25) is 0 Å². The van der Waals surface area contributed by atoms with Crippen molar-refractivity contribution in [1.29, 1.82) is 0 Å². The third-order valence-electron chi connectivity index (χ3n) is 1.58. The van der Waals surface area contributed by atoms with Gasteiger partial charge in [0.1, 0.15) is 0 Å². The molecule has 0 rings (SSSR count). The molecule has 0 aliphatic heterocycles. The highest BCUT2D eigenvalue weighted by Gasteiger charge is 1.88. The Hall–Kier alpha value is -0.540.